The first-order valence-electron chi connectivity index (χ1n) is 7.86. The fourth-order valence-electron chi connectivity index (χ4n) is 2.61. The second-order valence-electron chi connectivity index (χ2n) is 5.59. The van der Waals surface area contributed by atoms with Crippen LogP contribution >= 0.6 is 0 Å². The van der Waals surface area contributed by atoms with Crippen LogP contribution in [0.4, 0.5) is 10.1 Å². The first kappa shape index (κ1) is 17.5. The van der Waals surface area contributed by atoms with Gasteiger partial charge in [0.2, 0.25) is 0 Å². The van der Waals surface area contributed by atoms with Crippen molar-refractivity contribution in [2.75, 3.05) is 18.5 Å². The Bertz CT molecular complexity index is 909. The van der Waals surface area contributed by atoms with Crippen LogP contribution in [0.2, 0.25) is 0 Å². The fourth-order valence-corrected chi connectivity index (χ4v) is 2.61. The van der Waals surface area contributed by atoms with Crippen molar-refractivity contribution >= 4 is 23.3 Å². The molecule has 2 aromatic carbocycles. The topological polar surface area (TPSA) is 86.7 Å². The second kappa shape index (κ2) is 7.28. The third kappa shape index (κ3) is 3.38. The summed E-state index contributed by atoms with van der Waals surface area (Å²) in [6, 6.07) is 11.9. The van der Waals surface area contributed by atoms with Gasteiger partial charge in [0.05, 0.1) is 18.8 Å². The number of aliphatic hydroxyl groups excluding tert-OH is 1. The number of rotatable bonds is 6. The molecule has 0 unspecified atom stereocenters. The average Bonchev–Trinajstić information content (AvgIpc) is 2.91. The molecule has 2 aromatic rings. The van der Waals surface area contributed by atoms with Gasteiger partial charge in [0.1, 0.15) is 11.5 Å². The smallest absolute Gasteiger partial charge is 0.277 e. The quantitative estimate of drug-likeness (QED) is 0.609. The zero-order valence-electron chi connectivity index (χ0n) is 13.6. The van der Waals surface area contributed by atoms with Gasteiger partial charge in [-0.3, -0.25) is 19.3 Å². The van der Waals surface area contributed by atoms with E-state index in [-0.39, 0.29) is 30.1 Å². The molecule has 1 aliphatic heterocycles. The van der Waals surface area contributed by atoms with E-state index in [1.807, 2.05) is 0 Å². The van der Waals surface area contributed by atoms with Crippen molar-refractivity contribution in [1.29, 1.82) is 0 Å². The molecule has 0 aromatic heterocycles. The van der Waals surface area contributed by atoms with Crippen LogP contribution in [0.3, 0.4) is 0 Å². The van der Waals surface area contributed by atoms with Crippen LogP contribution in [0, 0.1) is 5.82 Å². The molecule has 0 radical (unpaired) electrons. The van der Waals surface area contributed by atoms with Gasteiger partial charge in [-0.2, -0.15) is 0 Å². The van der Waals surface area contributed by atoms with Gasteiger partial charge in [-0.05, 0) is 18.2 Å². The maximum Gasteiger partial charge on any atom is 0.277 e. The molecule has 7 heteroatoms. The lowest BCUT2D eigenvalue weighted by atomic mass is 10.0. The number of amides is 2. The number of β-amino-alcohol motifs (C(OH)–C–C–N with tert-alkyl or cyclic N) is 1. The molecule has 2 N–H and O–H groups in total. The molecule has 6 nitrogen and oxygen atoms in total. The molecule has 0 atom stereocenters. The molecule has 3 rings (SSSR count). The Morgan fingerprint density at radius 2 is 1.85 bits per heavy atom. The first-order valence-corrected chi connectivity index (χ1v) is 7.86. The number of carbonyl (C=O) groups excluding carboxylic acids is 3. The Morgan fingerprint density at radius 1 is 1.12 bits per heavy atom. The van der Waals surface area contributed by atoms with E-state index in [9.17, 15) is 18.8 Å². The number of hydrogen-bond acceptors (Lipinski definition) is 5. The fraction of sp³-hybridized carbons (Fsp3) is 0.105. The van der Waals surface area contributed by atoms with E-state index in [1.165, 1.54) is 6.07 Å². The highest BCUT2D eigenvalue weighted by Gasteiger charge is 2.31. The number of hydrogen-bond donors (Lipinski definition) is 2. The van der Waals surface area contributed by atoms with Crippen LogP contribution in [0.1, 0.15) is 15.9 Å². The molecule has 0 saturated heterocycles. The van der Waals surface area contributed by atoms with Crippen LogP contribution in [-0.2, 0) is 9.59 Å². The van der Waals surface area contributed by atoms with Gasteiger partial charge in [-0.15, -0.1) is 0 Å². The number of nitrogens with one attached hydrogen (secondary N) is 1. The van der Waals surface area contributed by atoms with Gasteiger partial charge in [0.25, 0.3) is 11.8 Å². The van der Waals surface area contributed by atoms with E-state index in [4.69, 9.17) is 5.11 Å². The number of ketones is 1. The minimum Gasteiger partial charge on any atom is -0.395 e. The molecule has 0 aliphatic carbocycles. The summed E-state index contributed by atoms with van der Waals surface area (Å²) in [7, 11) is 0. The van der Waals surface area contributed by atoms with E-state index >= 15 is 0 Å². The van der Waals surface area contributed by atoms with Crippen LogP contribution < -0.4 is 5.32 Å². The highest BCUT2D eigenvalue weighted by molar-refractivity contribution is 6.18. The van der Waals surface area contributed by atoms with E-state index in [0.29, 0.717) is 5.56 Å². The molecular formula is C19H15FN2O4. The lowest BCUT2D eigenvalue weighted by molar-refractivity contribution is -0.137. The summed E-state index contributed by atoms with van der Waals surface area (Å²) in [5.74, 6) is -2.20. The molecule has 0 bridgehead atoms. The SMILES string of the molecule is O=C(c1ccccc1)c1cc(F)ccc1NC1=CC(=O)N(CCO)C1=O. The lowest BCUT2D eigenvalue weighted by Gasteiger charge is -2.15. The second-order valence-corrected chi connectivity index (χ2v) is 5.59. The van der Waals surface area contributed by atoms with Gasteiger partial charge in [0.15, 0.2) is 5.78 Å². The normalized spacial score (nSPS) is 13.8. The Morgan fingerprint density at radius 3 is 2.54 bits per heavy atom. The van der Waals surface area contributed by atoms with Crippen molar-refractivity contribution < 1.29 is 23.9 Å². The van der Waals surface area contributed by atoms with Crippen molar-refractivity contribution in [2.45, 2.75) is 0 Å². The molecule has 26 heavy (non-hydrogen) atoms. The highest BCUT2D eigenvalue weighted by atomic mass is 19.1. The summed E-state index contributed by atoms with van der Waals surface area (Å²) < 4.78 is 13.7. The summed E-state index contributed by atoms with van der Waals surface area (Å²) in [6.07, 6.45) is 1.08. The van der Waals surface area contributed by atoms with Gasteiger partial charge < -0.3 is 10.4 Å². The zero-order chi connectivity index (χ0) is 18.7. The van der Waals surface area contributed by atoms with Gasteiger partial charge in [0, 0.05) is 17.2 Å². The van der Waals surface area contributed by atoms with E-state index in [1.54, 1.807) is 30.3 Å². The van der Waals surface area contributed by atoms with Crippen molar-refractivity contribution in [1.82, 2.24) is 4.90 Å². The summed E-state index contributed by atoms with van der Waals surface area (Å²) in [5, 5.41) is 11.7. The highest BCUT2D eigenvalue weighted by Crippen LogP contribution is 2.24. The van der Waals surface area contributed by atoms with Gasteiger partial charge in [-0.1, -0.05) is 30.3 Å². The van der Waals surface area contributed by atoms with Crippen molar-refractivity contribution in [3.8, 4) is 0 Å². The number of halogens is 1. The number of anilines is 1. The van der Waals surface area contributed by atoms with E-state index in [0.717, 1.165) is 23.1 Å². The van der Waals surface area contributed by atoms with Crippen molar-refractivity contribution in [3.05, 3.63) is 77.2 Å². The zero-order valence-corrected chi connectivity index (χ0v) is 13.6. The number of nitrogens with zero attached hydrogens (tertiary/aromatic N) is 1. The molecular weight excluding hydrogens is 339 g/mol. The van der Waals surface area contributed by atoms with Gasteiger partial charge >= 0.3 is 0 Å². The standard InChI is InChI=1S/C19H15FN2O4/c20-13-6-7-15(14(10-13)18(25)12-4-2-1-3-5-12)21-16-11-17(24)22(8-9-23)19(16)26/h1-7,10-11,21,23H,8-9H2. The average molecular weight is 354 g/mol. The third-order valence-electron chi connectivity index (χ3n) is 3.86. The molecule has 0 fully saturated rings. The number of benzene rings is 2. The summed E-state index contributed by atoms with van der Waals surface area (Å²) in [4.78, 5) is 37.6. The molecule has 0 spiro atoms. The Kier molecular flexibility index (Phi) is 4.90. The Balaban J connectivity index is 1.92. The van der Waals surface area contributed by atoms with Crippen LogP contribution in [0.15, 0.2) is 60.3 Å². The molecule has 132 valence electrons. The lowest BCUT2D eigenvalue weighted by Crippen LogP contribution is -2.34. The van der Waals surface area contributed by atoms with Crippen LogP contribution in [-0.4, -0.2) is 40.8 Å². The third-order valence-corrected chi connectivity index (χ3v) is 3.86. The van der Waals surface area contributed by atoms with Crippen molar-refractivity contribution in [2.24, 2.45) is 0 Å². The Labute approximate surface area is 148 Å². The summed E-state index contributed by atoms with van der Waals surface area (Å²) >= 11 is 0. The maximum atomic E-state index is 13.7. The van der Waals surface area contributed by atoms with E-state index in [2.05, 4.69) is 5.32 Å². The predicted octanol–water partition coefficient (Wildman–Crippen LogP) is 1.71. The molecule has 1 aliphatic rings. The van der Waals surface area contributed by atoms with Crippen LogP contribution in [0.25, 0.3) is 0 Å². The molecule has 2 amide bonds. The van der Waals surface area contributed by atoms with Crippen molar-refractivity contribution in [3.63, 3.8) is 0 Å². The van der Waals surface area contributed by atoms with Crippen LogP contribution in [0.5, 0.6) is 0 Å². The molecule has 1 heterocycles. The minimum absolute atomic E-state index is 0.0398. The number of aliphatic hydroxyl groups is 1. The Hall–Kier alpha value is -3.32. The minimum atomic E-state index is -0.619. The monoisotopic (exact) mass is 354 g/mol. The predicted molar refractivity (Wildman–Crippen MR) is 91.8 cm³/mol. The van der Waals surface area contributed by atoms with Gasteiger partial charge in [-0.25, -0.2) is 4.39 Å². The molecule has 0 saturated carbocycles. The summed E-state index contributed by atoms with van der Waals surface area (Å²) in [6.45, 7) is -0.481. The number of imide groups is 1. The first-order chi connectivity index (χ1) is 12.5. The maximum absolute atomic E-state index is 13.7. The van der Waals surface area contributed by atoms with E-state index < -0.39 is 23.4 Å². The number of carbonyl (C=O) groups is 3. The largest absolute Gasteiger partial charge is 0.395 e. The summed E-state index contributed by atoms with van der Waals surface area (Å²) in [5.41, 5.74) is 0.569.